The van der Waals surface area contributed by atoms with E-state index in [9.17, 15) is 23.2 Å². The average molecular weight is 553 g/mol. The van der Waals surface area contributed by atoms with Gasteiger partial charge in [0, 0.05) is 12.1 Å². The molecule has 0 radical (unpaired) electrons. The minimum absolute atomic E-state index is 0.00491. The van der Waals surface area contributed by atoms with Crippen molar-refractivity contribution in [3.05, 3.63) is 52.9 Å². The topological polar surface area (TPSA) is 122 Å². The monoisotopic (exact) mass is 552 g/mol. The van der Waals surface area contributed by atoms with Crippen molar-refractivity contribution in [3.63, 3.8) is 0 Å². The van der Waals surface area contributed by atoms with Crippen molar-refractivity contribution < 1.29 is 37.4 Å². The van der Waals surface area contributed by atoms with Gasteiger partial charge >= 0.3 is 18.6 Å². The number of anilines is 1. The summed E-state index contributed by atoms with van der Waals surface area (Å²) in [6.07, 6.45) is 1.62. The Labute approximate surface area is 218 Å². The largest absolute Gasteiger partial charge is 0.465 e. The number of methoxy groups -OCH3 is 2. The highest BCUT2D eigenvalue weighted by Crippen LogP contribution is 2.34. The molecule has 0 spiro atoms. The first-order chi connectivity index (χ1) is 17.7. The van der Waals surface area contributed by atoms with Crippen molar-refractivity contribution in [3.8, 4) is 17.1 Å². The molecule has 2 aromatic heterocycles. The number of carbonyl (C=O) groups is 3. The lowest BCUT2D eigenvalue weighted by molar-refractivity contribution is -0.113. The van der Waals surface area contributed by atoms with E-state index in [4.69, 9.17) is 9.47 Å². The van der Waals surface area contributed by atoms with Crippen molar-refractivity contribution in [2.45, 2.75) is 25.2 Å². The first-order valence-corrected chi connectivity index (χ1v) is 12.3. The number of thiophene rings is 1. The first-order valence-electron chi connectivity index (χ1n) is 10.5. The summed E-state index contributed by atoms with van der Waals surface area (Å²) in [6, 6.07) is 5.90. The molecule has 0 fully saturated rings. The number of nitrogens with one attached hydrogen (secondary N) is 1. The summed E-state index contributed by atoms with van der Waals surface area (Å²) in [5.41, 5.74) is 1.01. The second-order valence-corrected chi connectivity index (χ2v) is 9.15. The van der Waals surface area contributed by atoms with Gasteiger partial charge in [0.05, 0.1) is 25.5 Å². The maximum absolute atomic E-state index is 12.7. The third kappa shape index (κ3) is 6.51. The van der Waals surface area contributed by atoms with Gasteiger partial charge in [0.2, 0.25) is 5.91 Å². The van der Waals surface area contributed by atoms with Crippen LogP contribution < -0.4 is 10.1 Å². The lowest BCUT2D eigenvalue weighted by Gasteiger charge is -2.09. The summed E-state index contributed by atoms with van der Waals surface area (Å²) in [7, 11) is 2.41. The van der Waals surface area contributed by atoms with Gasteiger partial charge in [-0.1, -0.05) is 17.8 Å². The maximum Gasteiger partial charge on any atom is 0.387 e. The van der Waals surface area contributed by atoms with Crippen molar-refractivity contribution in [1.29, 1.82) is 0 Å². The molecule has 0 atom stereocenters. The number of nitrogens with zero attached hydrogens (tertiary/aromatic N) is 3. The first kappa shape index (κ1) is 27.8. The number of esters is 2. The molecule has 37 heavy (non-hydrogen) atoms. The Hall–Kier alpha value is -3.78. The van der Waals surface area contributed by atoms with Gasteiger partial charge in [0.25, 0.3) is 0 Å². The number of hydrogen-bond acceptors (Lipinski definition) is 10. The number of ether oxygens (including phenoxy) is 3. The smallest absolute Gasteiger partial charge is 0.387 e. The number of alkyl halides is 2. The fraction of sp³-hybridized carbons (Fsp3) is 0.261. The standard InChI is InChI=1S/C23H22F2N4O6S2/c1-5-10-29-18(13-6-8-14(9-7-13)35-22(24)25)27-28-23(29)36-11-15(30)26-19-16(20(31)33-3)12(2)17(37-19)21(32)34-4/h5-9,22H,1,10-11H2,2-4H3,(H,26,30). The fourth-order valence-corrected chi connectivity index (χ4v) is 5.09. The number of hydrogen-bond donors (Lipinski definition) is 1. The SMILES string of the molecule is C=CCn1c(SCC(=O)Nc2sc(C(=O)OC)c(C)c2C(=O)OC)nnc1-c1ccc(OC(F)F)cc1. The lowest BCUT2D eigenvalue weighted by Crippen LogP contribution is -2.16. The van der Waals surface area contributed by atoms with Crippen LogP contribution >= 0.6 is 23.1 Å². The van der Waals surface area contributed by atoms with Gasteiger partial charge in [0.15, 0.2) is 11.0 Å². The number of aromatic nitrogens is 3. The summed E-state index contributed by atoms with van der Waals surface area (Å²) in [4.78, 5) is 37.2. The number of halogens is 2. The van der Waals surface area contributed by atoms with Crippen LogP contribution in [0.25, 0.3) is 11.4 Å². The van der Waals surface area contributed by atoms with E-state index in [0.29, 0.717) is 28.7 Å². The van der Waals surface area contributed by atoms with Gasteiger partial charge < -0.3 is 19.5 Å². The predicted octanol–water partition coefficient (Wildman–Crippen LogP) is 4.41. The summed E-state index contributed by atoms with van der Waals surface area (Å²) in [5, 5.41) is 11.5. The van der Waals surface area contributed by atoms with E-state index >= 15 is 0 Å². The van der Waals surface area contributed by atoms with E-state index < -0.39 is 24.5 Å². The number of thioether (sulfide) groups is 1. The quantitative estimate of drug-likeness (QED) is 0.209. The Bertz CT molecular complexity index is 1310. The zero-order valence-corrected chi connectivity index (χ0v) is 21.6. The molecule has 0 aliphatic carbocycles. The molecule has 10 nitrogen and oxygen atoms in total. The molecule has 0 saturated heterocycles. The van der Waals surface area contributed by atoms with E-state index in [1.807, 2.05) is 0 Å². The number of allylic oxidation sites excluding steroid dienone is 1. The van der Waals surface area contributed by atoms with E-state index in [1.165, 1.54) is 26.4 Å². The van der Waals surface area contributed by atoms with Gasteiger partial charge in [-0.2, -0.15) is 8.78 Å². The van der Waals surface area contributed by atoms with Crippen LogP contribution in [0.15, 0.2) is 42.1 Å². The molecule has 0 aliphatic rings. The highest BCUT2D eigenvalue weighted by atomic mass is 32.2. The van der Waals surface area contributed by atoms with Gasteiger partial charge in [0.1, 0.15) is 15.6 Å². The summed E-state index contributed by atoms with van der Waals surface area (Å²) in [5.74, 6) is -1.45. The minimum atomic E-state index is -2.93. The second kappa shape index (κ2) is 12.5. The zero-order chi connectivity index (χ0) is 27.1. The average Bonchev–Trinajstić information content (AvgIpc) is 3.42. The summed E-state index contributed by atoms with van der Waals surface area (Å²) < 4.78 is 40.4. The molecule has 1 aromatic carbocycles. The lowest BCUT2D eigenvalue weighted by atomic mass is 10.1. The van der Waals surface area contributed by atoms with Crippen LogP contribution in [-0.2, 0) is 20.8 Å². The molecule has 3 rings (SSSR count). The third-order valence-corrected chi connectivity index (χ3v) is 7.01. The Balaban J connectivity index is 1.77. The van der Waals surface area contributed by atoms with E-state index in [1.54, 1.807) is 29.7 Å². The summed E-state index contributed by atoms with van der Waals surface area (Å²) in [6.45, 7) is 2.68. The molecule has 0 aliphatic heterocycles. The number of carbonyl (C=O) groups excluding carboxylic acids is 3. The van der Waals surface area contributed by atoms with Crippen molar-refractivity contribution >= 4 is 45.9 Å². The molecule has 2 heterocycles. The van der Waals surface area contributed by atoms with Crippen LogP contribution in [0.5, 0.6) is 5.75 Å². The van der Waals surface area contributed by atoms with Crippen LogP contribution in [0.1, 0.15) is 25.6 Å². The Kier molecular flexibility index (Phi) is 9.36. The molecule has 1 N–H and O–H groups in total. The van der Waals surface area contributed by atoms with Crippen molar-refractivity contribution in [2.24, 2.45) is 0 Å². The van der Waals surface area contributed by atoms with Crippen LogP contribution in [0.2, 0.25) is 0 Å². The molecule has 0 saturated carbocycles. The van der Waals surface area contributed by atoms with Gasteiger partial charge in [-0.05, 0) is 36.8 Å². The highest BCUT2D eigenvalue weighted by molar-refractivity contribution is 7.99. The highest BCUT2D eigenvalue weighted by Gasteiger charge is 2.27. The third-order valence-electron chi connectivity index (χ3n) is 4.86. The van der Waals surface area contributed by atoms with E-state index in [0.717, 1.165) is 23.1 Å². The minimum Gasteiger partial charge on any atom is -0.465 e. The van der Waals surface area contributed by atoms with Gasteiger partial charge in [-0.15, -0.1) is 28.1 Å². The molecule has 0 unspecified atom stereocenters. The van der Waals surface area contributed by atoms with Gasteiger partial charge in [-0.3, -0.25) is 9.36 Å². The van der Waals surface area contributed by atoms with Gasteiger partial charge in [-0.25, -0.2) is 9.59 Å². The molecular weight excluding hydrogens is 530 g/mol. The zero-order valence-electron chi connectivity index (χ0n) is 19.9. The molecule has 0 bridgehead atoms. The van der Waals surface area contributed by atoms with Crippen LogP contribution in [0, 0.1) is 6.92 Å². The number of rotatable bonds is 11. The Morgan fingerprint density at radius 2 is 1.84 bits per heavy atom. The molecule has 3 aromatic rings. The second-order valence-electron chi connectivity index (χ2n) is 7.19. The van der Waals surface area contributed by atoms with E-state index in [2.05, 4.69) is 26.8 Å². The normalized spacial score (nSPS) is 10.8. The van der Waals surface area contributed by atoms with Crippen molar-refractivity contribution in [2.75, 3.05) is 25.3 Å². The summed E-state index contributed by atoms with van der Waals surface area (Å²) >= 11 is 2.00. The predicted molar refractivity (Wildman–Crippen MR) is 133 cm³/mol. The van der Waals surface area contributed by atoms with E-state index in [-0.39, 0.29) is 26.9 Å². The fourth-order valence-electron chi connectivity index (χ4n) is 3.22. The molecule has 14 heteroatoms. The Morgan fingerprint density at radius 3 is 2.43 bits per heavy atom. The molecule has 1 amide bonds. The van der Waals surface area contributed by atoms with Crippen LogP contribution in [0.3, 0.4) is 0 Å². The maximum atomic E-state index is 12.7. The Morgan fingerprint density at radius 1 is 1.16 bits per heavy atom. The van der Waals surface area contributed by atoms with Crippen molar-refractivity contribution in [1.82, 2.24) is 14.8 Å². The van der Waals surface area contributed by atoms with Crippen LogP contribution in [0.4, 0.5) is 13.8 Å². The number of amides is 1. The molecular formula is C23H22F2N4O6S2. The number of benzene rings is 1. The molecule has 196 valence electrons. The van der Waals surface area contributed by atoms with Crippen LogP contribution in [-0.4, -0.2) is 59.2 Å².